The number of benzene rings is 2. The van der Waals surface area contributed by atoms with Gasteiger partial charge in [0.05, 0.1) is 31.0 Å². The number of ether oxygens (including phenoxy) is 3. The maximum atomic E-state index is 12.3. The smallest absolute Gasteiger partial charge is 0.269 e. The average molecular weight is 373 g/mol. The lowest BCUT2D eigenvalue weighted by molar-refractivity contribution is 0.0962. The Hall–Kier alpha value is -3.00. The summed E-state index contributed by atoms with van der Waals surface area (Å²) < 4.78 is 16.8. The molecule has 0 saturated carbocycles. The van der Waals surface area contributed by atoms with E-state index in [1.807, 2.05) is 25.1 Å². The second-order valence-electron chi connectivity index (χ2n) is 5.23. The first-order valence-corrected chi connectivity index (χ1v) is 8.78. The van der Waals surface area contributed by atoms with Crippen LogP contribution in [0, 0.1) is 0 Å². The fourth-order valence-corrected chi connectivity index (χ4v) is 3.22. The SMILES string of the molecule is CCOc1ccc2nc(NNC(=O)c3ccc(OC)c(OC)c3)sc2c1. The zero-order valence-corrected chi connectivity index (χ0v) is 15.5. The van der Waals surface area contributed by atoms with Gasteiger partial charge in [-0.05, 0) is 43.3 Å². The lowest BCUT2D eigenvalue weighted by Crippen LogP contribution is -2.29. The Morgan fingerprint density at radius 3 is 2.65 bits per heavy atom. The molecule has 0 aliphatic heterocycles. The summed E-state index contributed by atoms with van der Waals surface area (Å²) in [5, 5.41) is 0.586. The summed E-state index contributed by atoms with van der Waals surface area (Å²) in [4.78, 5) is 16.8. The minimum atomic E-state index is -0.305. The van der Waals surface area contributed by atoms with Gasteiger partial charge in [0.2, 0.25) is 5.13 Å². The van der Waals surface area contributed by atoms with Crippen LogP contribution in [-0.4, -0.2) is 31.7 Å². The molecular weight excluding hydrogens is 354 g/mol. The molecule has 0 aliphatic rings. The van der Waals surface area contributed by atoms with Gasteiger partial charge in [-0.2, -0.15) is 0 Å². The minimum absolute atomic E-state index is 0.305. The Bertz CT molecular complexity index is 926. The van der Waals surface area contributed by atoms with E-state index in [1.54, 1.807) is 25.3 Å². The van der Waals surface area contributed by atoms with Crippen LogP contribution >= 0.6 is 11.3 Å². The Balaban J connectivity index is 1.70. The van der Waals surface area contributed by atoms with Gasteiger partial charge in [-0.25, -0.2) is 4.98 Å². The fourth-order valence-electron chi connectivity index (χ4n) is 2.37. The summed E-state index contributed by atoms with van der Waals surface area (Å²) in [5.41, 5.74) is 6.76. The summed E-state index contributed by atoms with van der Waals surface area (Å²) in [6.45, 7) is 2.55. The molecule has 1 amide bonds. The van der Waals surface area contributed by atoms with Gasteiger partial charge in [0.15, 0.2) is 11.5 Å². The quantitative estimate of drug-likeness (QED) is 0.617. The van der Waals surface area contributed by atoms with Gasteiger partial charge in [0.25, 0.3) is 5.91 Å². The van der Waals surface area contributed by atoms with Crippen molar-refractivity contribution >= 4 is 32.6 Å². The molecule has 26 heavy (non-hydrogen) atoms. The van der Waals surface area contributed by atoms with E-state index in [9.17, 15) is 4.79 Å². The molecule has 0 spiro atoms. The standard InChI is InChI=1S/C18H19N3O4S/c1-4-25-12-6-7-13-16(10-12)26-18(19-13)21-20-17(22)11-5-8-14(23-2)15(9-11)24-3/h5-10H,4H2,1-3H3,(H,19,21)(H,20,22). The number of anilines is 1. The van der Waals surface area contributed by atoms with Crippen LogP contribution in [0.15, 0.2) is 36.4 Å². The highest BCUT2D eigenvalue weighted by Crippen LogP contribution is 2.29. The number of amides is 1. The maximum Gasteiger partial charge on any atom is 0.269 e. The van der Waals surface area contributed by atoms with Crippen LogP contribution in [0.1, 0.15) is 17.3 Å². The van der Waals surface area contributed by atoms with Gasteiger partial charge in [-0.15, -0.1) is 0 Å². The molecule has 0 aliphatic carbocycles. The van der Waals surface area contributed by atoms with Gasteiger partial charge >= 0.3 is 0 Å². The minimum Gasteiger partial charge on any atom is -0.494 e. The third kappa shape index (κ3) is 3.80. The number of hydrogen-bond acceptors (Lipinski definition) is 7. The van der Waals surface area contributed by atoms with Crippen LogP contribution in [0.4, 0.5) is 5.13 Å². The maximum absolute atomic E-state index is 12.3. The molecule has 1 heterocycles. The van der Waals surface area contributed by atoms with Crippen molar-refractivity contribution in [3.63, 3.8) is 0 Å². The molecule has 8 heteroatoms. The van der Waals surface area contributed by atoms with E-state index >= 15 is 0 Å². The predicted octanol–water partition coefficient (Wildman–Crippen LogP) is 3.47. The largest absolute Gasteiger partial charge is 0.494 e. The molecule has 0 bridgehead atoms. The zero-order chi connectivity index (χ0) is 18.5. The van der Waals surface area contributed by atoms with Crippen molar-refractivity contribution in [1.29, 1.82) is 0 Å². The van der Waals surface area contributed by atoms with Crippen molar-refractivity contribution in [3.8, 4) is 17.2 Å². The second-order valence-corrected chi connectivity index (χ2v) is 6.26. The number of nitrogens with one attached hydrogen (secondary N) is 2. The van der Waals surface area contributed by atoms with Crippen molar-refractivity contribution in [1.82, 2.24) is 10.4 Å². The molecular formula is C18H19N3O4S. The molecule has 0 atom stereocenters. The van der Waals surface area contributed by atoms with Gasteiger partial charge in [0, 0.05) is 5.56 Å². The van der Waals surface area contributed by atoms with E-state index in [4.69, 9.17) is 14.2 Å². The zero-order valence-electron chi connectivity index (χ0n) is 14.7. The Morgan fingerprint density at radius 2 is 1.92 bits per heavy atom. The number of hydrazine groups is 1. The Labute approximate surface area is 154 Å². The van der Waals surface area contributed by atoms with Gasteiger partial charge in [-0.1, -0.05) is 11.3 Å². The summed E-state index contributed by atoms with van der Waals surface area (Å²) in [6.07, 6.45) is 0. The van der Waals surface area contributed by atoms with Gasteiger partial charge < -0.3 is 14.2 Å². The number of nitrogens with zero attached hydrogens (tertiary/aromatic N) is 1. The molecule has 0 unspecified atom stereocenters. The number of carbonyl (C=O) groups is 1. The molecule has 3 aromatic rings. The first-order chi connectivity index (χ1) is 12.6. The van der Waals surface area contributed by atoms with Crippen molar-refractivity contribution in [3.05, 3.63) is 42.0 Å². The van der Waals surface area contributed by atoms with E-state index in [2.05, 4.69) is 15.8 Å². The third-order valence-corrected chi connectivity index (χ3v) is 4.53. The van der Waals surface area contributed by atoms with Crippen LogP contribution in [0.25, 0.3) is 10.2 Å². The summed E-state index contributed by atoms with van der Waals surface area (Å²) in [7, 11) is 3.07. The molecule has 2 N–H and O–H groups in total. The average Bonchev–Trinajstić information content (AvgIpc) is 3.08. The van der Waals surface area contributed by atoms with Gasteiger partial charge in [-0.3, -0.25) is 15.6 Å². The van der Waals surface area contributed by atoms with Crippen LogP contribution in [0.2, 0.25) is 0 Å². The van der Waals surface area contributed by atoms with E-state index in [1.165, 1.54) is 18.4 Å². The highest BCUT2D eigenvalue weighted by molar-refractivity contribution is 7.22. The Morgan fingerprint density at radius 1 is 1.12 bits per heavy atom. The summed E-state index contributed by atoms with van der Waals surface area (Å²) >= 11 is 1.43. The number of aromatic nitrogens is 1. The molecule has 2 aromatic carbocycles. The third-order valence-electron chi connectivity index (χ3n) is 3.60. The van der Waals surface area contributed by atoms with Crippen LogP contribution in [0.3, 0.4) is 0 Å². The first kappa shape index (κ1) is 17.8. The van der Waals surface area contributed by atoms with Crippen LogP contribution in [0.5, 0.6) is 17.2 Å². The first-order valence-electron chi connectivity index (χ1n) is 7.96. The lowest BCUT2D eigenvalue weighted by Gasteiger charge is -2.10. The monoisotopic (exact) mass is 373 g/mol. The predicted molar refractivity (Wildman–Crippen MR) is 101 cm³/mol. The van der Waals surface area contributed by atoms with Crippen LogP contribution < -0.4 is 25.1 Å². The number of hydrogen-bond donors (Lipinski definition) is 2. The highest BCUT2D eigenvalue weighted by Gasteiger charge is 2.11. The molecule has 7 nitrogen and oxygen atoms in total. The normalized spacial score (nSPS) is 10.4. The summed E-state index contributed by atoms with van der Waals surface area (Å²) in [5.74, 6) is 1.54. The van der Waals surface area contributed by atoms with E-state index in [-0.39, 0.29) is 5.91 Å². The molecule has 1 aromatic heterocycles. The second kappa shape index (κ2) is 7.92. The number of fused-ring (bicyclic) bond motifs is 1. The number of methoxy groups -OCH3 is 2. The van der Waals surface area contributed by atoms with E-state index in [0.717, 1.165) is 16.0 Å². The fraction of sp³-hybridized carbons (Fsp3) is 0.222. The van der Waals surface area contributed by atoms with E-state index in [0.29, 0.717) is 28.8 Å². The van der Waals surface area contributed by atoms with E-state index < -0.39 is 0 Å². The Kier molecular flexibility index (Phi) is 5.43. The van der Waals surface area contributed by atoms with Crippen molar-refractivity contribution in [2.45, 2.75) is 6.92 Å². The molecule has 3 rings (SSSR count). The number of thiazole rings is 1. The summed E-state index contributed by atoms with van der Waals surface area (Å²) in [6, 6.07) is 10.6. The number of rotatable bonds is 7. The number of carbonyl (C=O) groups excluding carboxylic acids is 1. The van der Waals surface area contributed by atoms with Crippen molar-refractivity contribution < 1.29 is 19.0 Å². The molecule has 0 radical (unpaired) electrons. The molecule has 136 valence electrons. The van der Waals surface area contributed by atoms with Gasteiger partial charge in [0.1, 0.15) is 5.75 Å². The van der Waals surface area contributed by atoms with Crippen LogP contribution in [-0.2, 0) is 0 Å². The lowest BCUT2D eigenvalue weighted by atomic mass is 10.2. The molecule has 0 fully saturated rings. The highest BCUT2D eigenvalue weighted by atomic mass is 32.1. The van der Waals surface area contributed by atoms with Crippen molar-refractivity contribution in [2.75, 3.05) is 26.3 Å². The van der Waals surface area contributed by atoms with Crippen molar-refractivity contribution in [2.24, 2.45) is 0 Å². The topological polar surface area (TPSA) is 81.7 Å². The molecule has 0 saturated heterocycles.